The van der Waals surface area contributed by atoms with E-state index in [0.29, 0.717) is 11.8 Å². The molecule has 0 spiro atoms. The maximum absolute atomic E-state index is 12.8. The van der Waals surface area contributed by atoms with Gasteiger partial charge in [-0.3, -0.25) is 9.78 Å². The van der Waals surface area contributed by atoms with Crippen molar-refractivity contribution in [2.45, 2.75) is 38.4 Å². The lowest BCUT2D eigenvalue weighted by molar-refractivity contribution is -0.142. The summed E-state index contributed by atoms with van der Waals surface area (Å²) in [6.07, 6.45) is 0.866. The Hall–Kier alpha value is -1.59. The van der Waals surface area contributed by atoms with E-state index in [1.54, 1.807) is 0 Å². The molecule has 3 atom stereocenters. The topological polar surface area (TPSA) is 42.0 Å². The summed E-state index contributed by atoms with van der Waals surface area (Å²) in [5.74, 6) is 0.926. The highest BCUT2D eigenvalue weighted by Gasteiger charge is 2.43. The number of amides is 1. The van der Waals surface area contributed by atoms with Crippen molar-refractivity contribution in [3.8, 4) is 0 Å². The van der Waals surface area contributed by atoms with Crippen LogP contribution < -0.4 is 5.32 Å². The van der Waals surface area contributed by atoms with Gasteiger partial charge in [0, 0.05) is 24.2 Å². The van der Waals surface area contributed by atoms with Crippen LogP contribution in [0.5, 0.6) is 0 Å². The Labute approximate surface area is 120 Å². The molecule has 0 aliphatic heterocycles. The highest BCUT2D eigenvalue weighted by molar-refractivity contribution is 5.79. The summed E-state index contributed by atoms with van der Waals surface area (Å²) in [6.45, 7) is -0.116. The van der Waals surface area contributed by atoms with E-state index < -0.39 is 11.9 Å². The molecule has 1 aromatic rings. The minimum Gasteiger partial charge on any atom is -0.352 e. The third-order valence-electron chi connectivity index (χ3n) is 4.69. The van der Waals surface area contributed by atoms with Gasteiger partial charge in [-0.1, -0.05) is 12.5 Å². The van der Waals surface area contributed by atoms with Crippen LogP contribution in [0.4, 0.5) is 13.2 Å². The lowest BCUT2D eigenvalue weighted by atomic mass is 9.88. The molecule has 1 amide bonds. The molecule has 0 saturated heterocycles. The predicted molar refractivity (Wildman–Crippen MR) is 70.0 cm³/mol. The van der Waals surface area contributed by atoms with E-state index in [9.17, 15) is 18.0 Å². The second kappa shape index (κ2) is 5.31. The van der Waals surface area contributed by atoms with Crippen molar-refractivity contribution >= 4 is 5.91 Å². The molecular formula is C15H17F3N2O. The van der Waals surface area contributed by atoms with Gasteiger partial charge in [-0.25, -0.2) is 0 Å². The van der Waals surface area contributed by atoms with E-state index in [4.69, 9.17) is 0 Å². The van der Waals surface area contributed by atoms with Crippen LogP contribution in [0.3, 0.4) is 0 Å². The molecule has 1 heterocycles. The largest absolute Gasteiger partial charge is 0.433 e. The first-order valence-corrected chi connectivity index (χ1v) is 7.24. The van der Waals surface area contributed by atoms with Crippen molar-refractivity contribution < 1.29 is 18.0 Å². The lowest BCUT2D eigenvalue weighted by Gasteiger charge is -2.21. The summed E-state index contributed by atoms with van der Waals surface area (Å²) in [6, 6.07) is 2.81. The summed E-state index contributed by atoms with van der Waals surface area (Å²) in [5, 5.41) is 2.66. The van der Waals surface area contributed by atoms with Gasteiger partial charge in [-0.15, -0.1) is 0 Å². The van der Waals surface area contributed by atoms with E-state index in [2.05, 4.69) is 10.3 Å². The number of nitrogens with one attached hydrogen (secondary N) is 1. The van der Waals surface area contributed by atoms with Crippen LogP contribution >= 0.6 is 0 Å². The zero-order valence-corrected chi connectivity index (χ0v) is 11.5. The van der Waals surface area contributed by atoms with Crippen molar-refractivity contribution in [3.05, 3.63) is 29.6 Å². The van der Waals surface area contributed by atoms with Crippen molar-refractivity contribution in [2.24, 2.45) is 17.8 Å². The normalized spacial score (nSPS) is 27.9. The molecule has 2 aliphatic carbocycles. The minimum absolute atomic E-state index is 0.0153. The van der Waals surface area contributed by atoms with Gasteiger partial charge in [0.2, 0.25) is 5.91 Å². The van der Waals surface area contributed by atoms with Gasteiger partial charge in [-0.2, -0.15) is 13.2 Å². The van der Waals surface area contributed by atoms with Crippen molar-refractivity contribution in [3.63, 3.8) is 0 Å². The highest BCUT2D eigenvalue weighted by atomic mass is 19.4. The third kappa shape index (κ3) is 2.89. The number of nitrogens with zero attached hydrogens (tertiary/aromatic N) is 1. The molecule has 6 heteroatoms. The molecule has 114 valence electrons. The Bertz CT molecular complexity index is 544. The molecule has 0 radical (unpaired) electrons. The summed E-state index contributed by atoms with van der Waals surface area (Å²) in [7, 11) is 0. The average molecular weight is 298 g/mol. The molecule has 2 fully saturated rings. The van der Waals surface area contributed by atoms with E-state index in [0.717, 1.165) is 25.5 Å². The van der Waals surface area contributed by atoms with Crippen LogP contribution in [0.25, 0.3) is 0 Å². The van der Waals surface area contributed by atoms with Gasteiger partial charge in [0.05, 0.1) is 0 Å². The van der Waals surface area contributed by atoms with Crippen LogP contribution in [0, 0.1) is 17.8 Å². The van der Waals surface area contributed by atoms with Gasteiger partial charge >= 0.3 is 6.18 Å². The van der Waals surface area contributed by atoms with Crippen molar-refractivity contribution in [1.82, 2.24) is 10.3 Å². The Morgan fingerprint density at radius 3 is 2.76 bits per heavy atom. The SMILES string of the molecule is O=C(NCc1cccnc1C(F)(F)F)C1CC2CCC1C2. The summed E-state index contributed by atoms with van der Waals surface area (Å²) < 4.78 is 38.5. The Kier molecular flexibility index (Phi) is 3.63. The first-order chi connectivity index (χ1) is 9.95. The van der Waals surface area contributed by atoms with Crippen LogP contribution in [0.1, 0.15) is 36.9 Å². The monoisotopic (exact) mass is 298 g/mol. The number of rotatable bonds is 3. The number of aromatic nitrogens is 1. The number of halogens is 3. The molecular weight excluding hydrogens is 281 g/mol. The fraction of sp³-hybridized carbons (Fsp3) is 0.600. The quantitative estimate of drug-likeness (QED) is 0.931. The third-order valence-corrected chi connectivity index (χ3v) is 4.69. The van der Waals surface area contributed by atoms with Gasteiger partial charge in [0.25, 0.3) is 0 Å². The lowest BCUT2D eigenvalue weighted by Crippen LogP contribution is -2.33. The zero-order chi connectivity index (χ0) is 15.0. The Balaban J connectivity index is 1.64. The standard InChI is InChI=1S/C15H17F3N2O/c16-15(17,18)13-11(2-1-5-19-13)8-20-14(21)12-7-9-3-4-10(12)6-9/h1-2,5,9-10,12H,3-4,6-8H2,(H,20,21). The summed E-state index contributed by atoms with van der Waals surface area (Å²) >= 11 is 0. The van der Waals surface area contributed by atoms with Crippen LogP contribution in [0.2, 0.25) is 0 Å². The number of pyridine rings is 1. The summed E-state index contributed by atoms with van der Waals surface area (Å²) in [4.78, 5) is 15.5. The average Bonchev–Trinajstić information content (AvgIpc) is 3.06. The number of carbonyl (C=O) groups excluding carboxylic acids is 1. The number of carbonyl (C=O) groups is 1. The molecule has 2 aliphatic rings. The van der Waals surface area contributed by atoms with Crippen molar-refractivity contribution in [2.75, 3.05) is 0 Å². The second-order valence-electron chi connectivity index (χ2n) is 6.01. The van der Waals surface area contributed by atoms with Crippen LogP contribution in [-0.2, 0) is 17.5 Å². The van der Waals surface area contributed by atoms with Gasteiger partial charge in [0.1, 0.15) is 5.69 Å². The number of hydrogen-bond acceptors (Lipinski definition) is 2. The van der Waals surface area contributed by atoms with E-state index in [-0.39, 0.29) is 23.9 Å². The first kappa shape index (κ1) is 14.4. The molecule has 0 aromatic carbocycles. The molecule has 1 aromatic heterocycles. The van der Waals surface area contributed by atoms with E-state index >= 15 is 0 Å². The van der Waals surface area contributed by atoms with Crippen molar-refractivity contribution in [1.29, 1.82) is 0 Å². The van der Waals surface area contributed by atoms with E-state index in [1.807, 2.05) is 0 Å². The maximum Gasteiger partial charge on any atom is 0.433 e. The van der Waals surface area contributed by atoms with Gasteiger partial charge in [0.15, 0.2) is 0 Å². The molecule has 2 saturated carbocycles. The molecule has 3 nitrogen and oxygen atoms in total. The smallest absolute Gasteiger partial charge is 0.352 e. The molecule has 1 N–H and O–H groups in total. The maximum atomic E-state index is 12.8. The molecule has 3 rings (SSSR count). The van der Waals surface area contributed by atoms with Gasteiger partial charge < -0.3 is 5.32 Å². The minimum atomic E-state index is -4.49. The Morgan fingerprint density at radius 1 is 1.33 bits per heavy atom. The van der Waals surface area contributed by atoms with Crippen LogP contribution in [0.15, 0.2) is 18.3 Å². The van der Waals surface area contributed by atoms with Gasteiger partial charge in [-0.05, 0) is 37.2 Å². The second-order valence-corrected chi connectivity index (χ2v) is 6.01. The number of hydrogen-bond donors (Lipinski definition) is 1. The summed E-state index contributed by atoms with van der Waals surface area (Å²) in [5.41, 5.74) is -0.903. The van der Waals surface area contributed by atoms with Crippen LogP contribution in [-0.4, -0.2) is 10.9 Å². The highest BCUT2D eigenvalue weighted by Crippen LogP contribution is 2.48. The fourth-order valence-electron chi connectivity index (χ4n) is 3.72. The number of fused-ring (bicyclic) bond motifs is 2. The predicted octanol–water partition coefficient (Wildman–Crippen LogP) is 3.15. The first-order valence-electron chi connectivity index (χ1n) is 7.24. The molecule has 2 bridgehead atoms. The number of alkyl halides is 3. The zero-order valence-electron chi connectivity index (χ0n) is 11.5. The molecule has 3 unspecified atom stereocenters. The van der Waals surface area contributed by atoms with E-state index in [1.165, 1.54) is 18.6 Å². The Morgan fingerprint density at radius 2 is 2.14 bits per heavy atom. The fourth-order valence-corrected chi connectivity index (χ4v) is 3.72. The molecule has 21 heavy (non-hydrogen) atoms.